The number of alkyl halides is 2. The van der Waals surface area contributed by atoms with Crippen molar-refractivity contribution in [3.8, 4) is 5.75 Å². The highest BCUT2D eigenvalue weighted by Crippen LogP contribution is 2.40. The maximum Gasteiger partial charge on any atom is 0.387 e. The zero-order valence-corrected chi connectivity index (χ0v) is 15.7. The minimum absolute atomic E-state index is 0.00620. The second kappa shape index (κ2) is 7.18. The van der Waals surface area contributed by atoms with Crippen LogP contribution < -0.4 is 10.1 Å². The normalized spacial score (nSPS) is 19.1. The number of rotatable bonds is 4. The third-order valence-corrected chi connectivity index (χ3v) is 5.12. The van der Waals surface area contributed by atoms with Gasteiger partial charge in [0.15, 0.2) is 0 Å². The number of fused-ring (bicyclic) bond motifs is 1. The van der Waals surface area contributed by atoms with Crippen LogP contribution in [0.3, 0.4) is 0 Å². The molecular formula is C18H15F2IN4O. The van der Waals surface area contributed by atoms with E-state index in [1.165, 1.54) is 6.33 Å². The number of anilines is 1. The Labute approximate surface area is 162 Å². The Morgan fingerprint density at radius 2 is 1.92 bits per heavy atom. The summed E-state index contributed by atoms with van der Waals surface area (Å²) in [6, 6.07) is 14.8. The van der Waals surface area contributed by atoms with E-state index < -0.39 is 6.61 Å². The van der Waals surface area contributed by atoms with Crippen molar-refractivity contribution in [2.45, 2.75) is 25.1 Å². The fourth-order valence-corrected chi connectivity index (χ4v) is 3.61. The van der Waals surface area contributed by atoms with E-state index in [0.717, 1.165) is 9.13 Å². The summed E-state index contributed by atoms with van der Waals surface area (Å²) in [5.41, 5.74) is 1.77. The van der Waals surface area contributed by atoms with Crippen molar-refractivity contribution in [2.24, 2.45) is 0 Å². The molecule has 1 aliphatic heterocycles. The van der Waals surface area contributed by atoms with Gasteiger partial charge in [-0.2, -0.15) is 18.9 Å². The summed E-state index contributed by atoms with van der Waals surface area (Å²) < 4.78 is 33.2. The lowest BCUT2D eigenvalue weighted by molar-refractivity contribution is -0.0507. The summed E-state index contributed by atoms with van der Waals surface area (Å²) in [5.74, 6) is 0.772. The van der Waals surface area contributed by atoms with Gasteiger partial charge in [0.05, 0.1) is 12.1 Å². The van der Waals surface area contributed by atoms with Gasteiger partial charge in [-0.15, -0.1) is 0 Å². The number of benzene rings is 2. The molecule has 134 valence electrons. The summed E-state index contributed by atoms with van der Waals surface area (Å²) >= 11 is 2.26. The van der Waals surface area contributed by atoms with Crippen LogP contribution in [0, 0.1) is 3.57 Å². The Morgan fingerprint density at radius 3 is 2.69 bits per heavy atom. The van der Waals surface area contributed by atoms with Crippen LogP contribution in [0.2, 0.25) is 0 Å². The molecule has 3 aromatic rings. The van der Waals surface area contributed by atoms with E-state index >= 15 is 0 Å². The molecular weight excluding hydrogens is 453 g/mol. The Balaban J connectivity index is 1.73. The number of para-hydroxylation sites is 1. The van der Waals surface area contributed by atoms with E-state index in [2.05, 4.69) is 50.1 Å². The monoisotopic (exact) mass is 468 g/mol. The maximum atomic E-state index is 12.8. The molecule has 26 heavy (non-hydrogen) atoms. The van der Waals surface area contributed by atoms with E-state index in [4.69, 9.17) is 4.74 Å². The molecule has 0 amide bonds. The second-order valence-corrected chi connectivity index (χ2v) is 7.19. The van der Waals surface area contributed by atoms with Gasteiger partial charge in [-0.25, -0.2) is 4.68 Å². The topological polar surface area (TPSA) is 52.0 Å². The van der Waals surface area contributed by atoms with Crippen molar-refractivity contribution < 1.29 is 13.5 Å². The third-order valence-electron chi connectivity index (χ3n) is 4.40. The first kappa shape index (κ1) is 17.2. The van der Waals surface area contributed by atoms with E-state index in [9.17, 15) is 8.78 Å². The highest BCUT2D eigenvalue weighted by molar-refractivity contribution is 14.1. The number of aromatic nitrogens is 3. The minimum atomic E-state index is -2.87. The summed E-state index contributed by atoms with van der Waals surface area (Å²) in [5, 5.41) is 7.65. The fraction of sp³-hybridized carbons (Fsp3) is 0.222. The number of nitrogens with zero attached hydrogens (tertiary/aromatic N) is 3. The predicted molar refractivity (Wildman–Crippen MR) is 101 cm³/mol. The number of ether oxygens (including phenoxy) is 1. The molecule has 0 fully saturated rings. The van der Waals surface area contributed by atoms with E-state index in [1.807, 2.05) is 18.2 Å². The highest BCUT2D eigenvalue weighted by atomic mass is 127. The molecule has 8 heteroatoms. The number of hydrogen-bond acceptors (Lipinski definition) is 4. The van der Waals surface area contributed by atoms with Crippen LogP contribution in [-0.2, 0) is 0 Å². The van der Waals surface area contributed by atoms with Gasteiger partial charge in [0, 0.05) is 9.13 Å². The molecule has 0 bridgehead atoms. The van der Waals surface area contributed by atoms with Crippen molar-refractivity contribution in [2.75, 3.05) is 5.32 Å². The standard InChI is InChI=1S/C18H15F2IN4O/c19-17(20)26-16-4-2-1-3-13(16)15-9-14(11-5-7-12(21)8-6-11)24-18-22-10-23-25(15)18/h1-8,10,14-15,17H,9H2,(H,22,23,24)/t14-,15+/m0/s1. The molecule has 2 aromatic carbocycles. The quantitative estimate of drug-likeness (QED) is 0.568. The molecule has 1 aliphatic rings. The van der Waals surface area contributed by atoms with Gasteiger partial charge in [0.1, 0.15) is 12.1 Å². The van der Waals surface area contributed by atoms with E-state index in [0.29, 0.717) is 17.9 Å². The average Bonchev–Trinajstić information content (AvgIpc) is 3.10. The molecule has 1 N–H and O–H groups in total. The van der Waals surface area contributed by atoms with E-state index in [1.54, 1.807) is 22.9 Å². The van der Waals surface area contributed by atoms with Crippen molar-refractivity contribution in [3.63, 3.8) is 0 Å². The smallest absolute Gasteiger partial charge is 0.387 e. The van der Waals surface area contributed by atoms with Crippen LogP contribution in [0.15, 0.2) is 54.9 Å². The largest absolute Gasteiger partial charge is 0.434 e. The Morgan fingerprint density at radius 1 is 1.15 bits per heavy atom. The first-order chi connectivity index (χ1) is 12.6. The molecule has 0 saturated carbocycles. The van der Waals surface area contributed by atoms with Crippen LogP contribution in [0.1, 0.15) is 29.6 Å². The van der Waals surface area contributed by atoms with Gasteiger partial charge in [-0.1, -0.05) is 30.3 Å². The molecule has 2 heterocycles. The zero-order valence-electron chi connectivity index (χ0n) is 13.5. The van der Waals surface area contributed by atoms with Crippen LogP contribution in [0.5, 0.6) is 5.75 Å². The minimum Gasteiger partial charge on any atom is -0.434 e. The number of halogens is 3. The molecule has 4 rings (SSSR count). The van der Waals surface area contributed by atoms with Gasteiger partial charge < -0.3 is 10.1 Å². The molecule has 0 spiro atoms. The van der Waals surface area contributed by atoms with Crippen LogP contribution in [-0.4, -0.2) is 21.4 Å². The summed E-state index contributed by atoms with van der Waals surface area (Å²) in [7, 11) is 0. The number of hydrogen-bond donors (Lipinski definition) is 1. The van der Waals surface area contributed by atoms with Crippen molar-refractivity contribution >= 4 is 28.5 Å². The molecule has 0 saturated heterocycles. The zero-order chi connectivity index (χ0) is 18.1. The lowest BCUT2D eigenvalue weighted by Gasteiger charge is -2.32. The first-order valence-corrected chi connectivity index (χ1v) is 9.15. The molecule has 5 nitrogen and oxygen atoms in total. The molecule has 2 atom stereocenters. The van der Waals surface area contributed by atoms with Crippen LogP contribution in [0.4, 0.5) is 14.7 Å². The molecule has 0 unspecified atom stereocenters. The van der Waals surface area contributed by atoms with Crippen molar-refractivity contribution in [1.29, 1.82) is 0 Å². The van der Waals surface area contributed by atoms with Crippen molar-refractivity contribution in [3.05, 3.63) is 69.6 Å². The molecule has 0 radical (unpaired) electrons. The second-order valence-electron chi connectivity index (χ2n) is 5.94. The van der Waals surface area contributed by atoms with Crippen LogP contribution in [0.25, 0.3) is 0 Å². The van der Waals surface area contributed by atoms with Gasteiger partial charge >= 0.3 is 6.61 Å². The Bertz CT molecular complexity index is 900. The Hall–Kier alpha value is -2.23. The van der Waals surface area contributed by atoms with Crippen molar-refractivity contribution in [1.82, 2.24) is 14.8 Å². The average molecular weight is 468 g/mol. The molecule has 1 aromatic heterocycles. The predicted octanol–water partition coefficient (Wildman–Crippen LogP) is 4.63. The maximum absolute atomic E-state index is 12.8. The summed E-state index contributed by atoms with van der Waals surface area (Å²) in [6.45, 7) is -2.87. The SMILES string of the molecule is FC(F)Oc1ccccc1[C@H]1C[C@@H](c2ccc(I)cc2)Nc2ncnn21. The van der Waals surface area contributed by atoms with Gasteiger partial charge in [-0.3, -0.25) is 0 Å². The highest BCUT2D eigenvalue weighted by Gasteiger charge is 2.31. The lowest BCUT2D eigenvalue weighted by atomic mass is 9.93. The summed E-state index contributed by atoms with van der Waals surface area (Å²) in [6.07, 6.45) is 2.10. The van der Waals surface area contributed by atoms with Gasteiger partial charge in [0.2, 0.25) is 5.95 Å². The number of nitrogens with one attached hydrogen (secondary N) is 1. The fourth-order valence-electron chi connectivity index (χ4n) is 3.25. The first-order valence-electron chi connectivity index (χ1n) is 8.07. The Kier molecular flexibility index (Phi) is 4.75. The van der Waals surface area contributed by atoms with E-state index in [-0.39, 0.29) is 17.8 Å². The van der Waals surface area contributed by atoms with Gasteiger partial charge in [-0.05, 0) is 52.8 Å². The third kappa shape index (κ3) is 3.37. The summed E-state index contributed by atoms with van der Waals surface area (Å²) in [4.78, 5) is 4.27. The lowest BCUT2D eigenvalue weighted by Crippen LogP contribution is -2.28. The van der Waals surface area contributed by atoms with Gasteiger partial charge in [0.25, 0.3) is 0 Å². The molecule has 0 aliphatic carbocycles. The van der Waals surface area contributed by atoms with Crippen LogP contribution >= 0.6 is 22.6 Å².